The summed E-state index contributed by atoms with van der Waals surface area (Å²) in [4.78, 5) is 8.05. The molecule has 0 aliphatic carbocycles. The molecule has 0 amide bonds. The summed E-state index contributed by atoms with van der Waals surface area (Å²) in [7, 11) is 1.65. The number of hydrogen-bond acceptors (Lipinski definition) is 3. The normalized spacial score (nSPS) is 12.9. The van der Waals surface area contributed by atoms with Gasteiger partial charge in [0.25, 0.3) is 0 Å². The molecule has 0 N–H and O–H groups in total. The molecule has 0 fully saturated rings. The third-order valence-electron chi connectivity index (χ3n) is 1.56. The summed E-state index contributed by atoms with van der Waals surface area (Å²) < 4.78 is 4.99. The molecule has 0 aliphatic heterocycles. The summed E-state index contributed by atoms with van der Waals surface area (Å²) in [5.41, 5.74) is 0.793. The van der Waals surface area contributed by atoms with Crippen molar-refractivity contribution in [2.24, 2.45) is 0 Å². The van der Waals surface area contributed by atoms with E-state index in [0.29, 0.717) is 11.8 Å². The molecule has 4 heteroatoms. The maximum Gasteiger partial charge on any atom is 0.150 e. The number of nitrogens with zero attached hydrogens (tertiary/aromatic N) is 2. The van der Waals surface area contributed by atoms with Gasteiger partial charge in [0.05, 0.1) is 12.3 Å². The lowest BCUT2D eigenvalue weighted by Gasteiger charge is -2.09. The van der Waals surface area contributed by atoms with E-state index in [1.807, 2.05) is 6.92 Å². The second-order valence-electron chi connectivity index (χ2n) is 2.59. The highest BCUT2D eigenvalue weighted by Gasteiger charge is 2.10. The van der Waals surface area contributed by atoms with Crippen molar-refractivity contribution in [2.45, 2.75) is 12.8 Å². The zero-order valence-corrected chi connectivity index (χ0v) is 7.88. The van der Waals surface area contributed by atoms with E-state index in [1.54, 1.807) is 19.5 Å². The minimum atomic E-state index is 0.191. The average Bonchev–Trinajstić information content (AvgIpc) is 2.05. The molecular weight excluding hydrogens is 176 g/mol. The Morgan fingerprint density at radius 1 is 1.50 bits per heavy atom. The van der Waals surface area contributed by atoms with Gasteiger partial charge in [0.1, 0.15) is 0 Å². The van der Waals surface area contributed by atoms with E-state index in [4.69, 9.17) is 16.3 Å². The van der Waals surface area contributed by atoms with E-state index in [1.165, 1.54) is 0 Å². The van der Waals surface area contributed by atoms with Crippen LogP contribution in [0.5, 0.6) is 0 Å². The number of rotatable bonds is 3. The Morgan fingerprint density at radius 2 is 2.17 bits per heavy atom. The summed E-state index contributed by atoms with van der Waals surface area (Å²) in [6, 6.07) is 0. The fourth-order valence-corrected chi connectivity index (χ4v) is 1.28. The predicted octanol–water partition coefficient (Wildman–Crippen LogP) is 1.88. The van der Waals surface area contributed by atoms with Crippen LogP contribution in [0, 0.1) is 0 Å². The third kappa shape index (κ3) is 2.16. The summed E-state index contributed by atoms with van der Waals surface area (Å²) in [6.07, 6.45) is 3.21. The molecule has 1 heterocycles. The van der Waals surface area contributed by atoms with E-state index in [2.05, 4.69) is 9.97 Å². The number of hydrogen-bond donors (Lipinski definition) is 0. The first kappa shape index (κ1) is 9.42. The molecule has 1 aromatic heterocycles. The Balaban J connectivity index is 2.79. The summed E-state index contributed by atoms with van der Waals surface area (Å²) in [5.74, 6) is 0.191. The second kappa shape index (κ2) is 4.38. The minimum Gasteiger partial charge on any atom is -0.384 e. The first-order chi connectivity index (χ1) is 5.75. The standard InChI is InChI=1S/C8H11ClN2O/c1-6(5-12-2)7-8(9)11-4-3-10-7/h3-4,6H,5H2,1-2H3. The maximum atomic E-state index is 5.83. The summed E-state index contributed by atoms with van der Waals surface area (Å²) in [6.45, 7) is 2.61. The van der Waals surface area contributed by atoms with Crippen LogP contribution in [0.3, 0.4) is 0 Å². The molecule has 1 rings (SSSR count). The van der Waals surface area contributed by atoms with Gasteiger partial charge >= 0.3 is 0 Å². The number of aromatic nitrogens is 2. The largest absolute Gasteiger partial charge is 0.384 e. The summed E-state index contributed by atoms with van der Waals surface area (Å²) in [5, 5.41) is 0.460. The van der Waals surface area contributed by atoms with Gasteiger partial charge in [-0.3, -0.25) is 4.98 Å². The lowest BCUT2D eigenvalue weighted by atomic mass is 10.1. The highest BCUT2D eigenvalue weighted by Crippen LogP contribution is 2.19. The van der Waals surface area contributed by atoms with Crippen molar-refractivity contribution in [2.75, 3.05) is 13.7 Å². The van der Waals surface area contributed by atoms with Gasteiger partial charge in [-0.25, -0.2) is 4.98 Å². The Morgan fingerprint density at radius 3 is 2.75 bits per heavy atom. The van der Waals surface area contributed by atoms with Crippen LogP contribution in [0.25, 0.3) is 0 Å². The van der Waals surface area contributed by atoms with Gasteiger partial charge in [-0.2, -0.15) is 0 Å². The molecular formula is C8H11ClN2O. The predicted molar refractivity (Wildman–Crippen MR) is 47.3 cm³/mol. The fraction of sp³-hybridized carbons (Fsp3) is 0.500. The molecule has 3 nitrogen and oxygen atoms in total. The van der Waals surface area contributed by atoms with Crippen LogP contribution in [0.2, 0.25) is 5.15 Å². The fourth-order valence-electron chi connectivity index (χ4n) is 0.991. The zero-order chi connectivity index (χ0) is 8.97. The van der Waals surface area contributed by atoms with E-state index in [9.17, 15) is 0 Å². The van der Waals surface area contributed by atoms with Crippen molar-refractivity contribution in [1.29, 1.82) is 0 Å². The molecule has 0 bridgehead atoms. The Hall–Kier alpha value is -0.670. The highest BCUT2D eigenvalue weighted by molar-refractivity contribution is 6.30. The lowest BCUT2D eigenvalue weighted by Crippen LogP contribution is -2.05. The van der Waals surface area contributed by atoms with Gasteiger partial charge < -0.3 is 4.74 Å². The molecule has 1 aromatic rings. The van der Waals surface area contributed by atoms with Gasteiger partial charge in [0.15, 0.2) is 5.15 Å². The van der Waals surface area contributed by atoms with Crippen molar-refractivity contribution in [3.05, 3.63) is 23.2 Å². The van der Waals surface area contributed by atoms with Crippen LogP contribution in [0.1, 0.15) is 18.5 Å². The van der Waals surface area contributed by atoms with Crippen molar-refractivity contribution in [3.8, 4) is 0 Å². The first-order valence-corrected chi connectivity index (χ1v) is 4.09. The molecule has 0 saturated carbocycles. The number of methoxy groups -OCH3 is 1. The summed E-state index contributed by atoms with van der Waals surface area (Å²) >= 11 is 5.83. The van der Waals surface area contributed by atoms with Gasteiger partial charge in [-0.05, 0) is 0 Å². The monoisotopic (exact) mass is 186 g/mol. The maximum absolute atomic E-state index is 5.83. The Bertz CT molecular complexity index is 255. The molecule has 0 spiro atoms. The van der Waals surface area contributed by atoms with Gasteiger partial charge in [-0.1, -0.05) is 18.5 Å². The van der Waals surface area contributed by atoms with E-state index in [0.717, 1.165) is 5.69 Å². The Kier molecular flexibility index (Phi) is 3.44. The molecule has 0 radical (unpaired) electrons. The lowest BCUT2D eigenvalue weighted by molar-refractivity contribution is 0.183. The molecule has 66 valence electrons. The molecule has 0 saturated heterocycles. The highest BCUT2D eigenvalue weighted by atomic mass is 35.5. The van der Waals surface area contributed by atoms with Crippen molar-refractivity contribution in [3.63, 3.8) is 0 Å². The minimum absolute atomic E-state index is 0.191. The zero-order valence-electron chi connectivity index (χ0n) is 7.12. The van der Waals surface area contributed by atoms with Crippen LogP contribution in [0.4, 0.5) is 0 Å². The van der Waals surface area contributed by atoms with Crippen molar-refractivity contribution < 1.29 is 4.74 Å². The third-order valence-corrected chi connectivity index (χ3v) is 1.85. The van der Waals surface area contributed by atoms with E-state index >= 15 is 0 Å². The molecule has 1 unspecified atom stereocenters. The van der Waals surface area contributed by atoms with Crippen LogP contribution < -0.4 is 0 Å². The Labute approximate surface area is 76.7 Å². The number of ether oxygens (including phenoxy) is 1. The number of halogens is 1. The molecule has 12 heavy (non-hydrogen) atoms. The van der Waals surface area contributed by atoms with E-state index < -0.39 is 0 Å². The van der Waals surface area contributed by atoms with Gasteiger partial charge in [0, 0.05) is 25.4 Å². The van der Waals surface area contributed by atoms with Gasteiger partial charge in [-0.15, -0.1) is 0 Å². The van der Waals surface area contributed by atoms with Crippen LogP contribution in [-0.4, -0.2) is 23.7 Å². The van der Waals surface area contributed by atoms with Crippen LogP contribution >= 0.6 is 11.6 Å². The molecule has 1 atom stereocenters. The second-order valence-corrected chi connectivity index (χ2v) is 2.95. The SMILES string of the molecule is COCC(C)c1nccnc1Cl. The average molecular weight is 187 g/mol. The van der Waals surface area contributed by atoms with Crippen molar-refractivity contribution >= 4 is 11.6 Å². The van der Waals surface area contributed by atoms with E-state index in [-0.39, 0.29) is 5.92 Å². The quantitative estimate of drug-likeness (QED) is 0.723. The molecule has 0 aromatic carbocycles. The van der Waals surface area contributed by atoms with Crippen LogP contribution in [-0.2, 0) is 4.74 Å². The van der Waals surface area contributed by atoms with Crippen LogP contribution in [0.15, 0.2) is 12.4 Å². The first-order valence-electron chi connectivity index (χ1n) is 3.71. The van der Waals surface area contributed by atoms with Crippen molar-refractivity contribution in [1.82, 2.24) is 9.97 Å². The topological polar surface area (TPSA) is 35.0 Å². The molecule has 0 aliphatic rings. The smallest absolute Gasteiger partial charge is 0.150 e. The van der Waals surface area contributed by atoms with Gasteiger partial charge in [0.2, 0.25) is 0 Å².